The summed E-state index contributed by atoms with van der Waals surface area (Å²) in [5.41, 5.74) is 6.48. The molecule has 112 valence electrons. The number of sulfonamides is 1. The SMILES string of the molecule is CC1CN(C)CCCN1S(=O)(=O)c1ccc(CN)cc1. The molecule has 0 aliphatic carbocycles. The highest BCUT2D eigenvalue weighted by Crippen LogP contribution is 2.21. The van der Waals surface area contributed by atoms with Gasteiger partial charge in [-0.3, -0.25) is 0 Å². The summed E-state index contributed by atoms with van der Waals surface area (Å²) in [5, 5.41) is 0. The van der Waals surface area contributed by atoms with Gasteiger partial charge in [0.1, 0.15) is 0 Å². The summed E-state index contributed by atoms with van der Waals surface area (Å²) >= 11 is 0. The molecule has 1 fully saturated rings. The first-order valence-electron chi connectivity index (χ1n) is 6.94. The van der Waals surface area contributed by atoms with E-state index in [1.165, 1.54) is 0 Å². The third-order valence-corrected chi connectivity index (χ3v) is 5.78. The Hall–Kier alpha value is -0.950. The van der Waals surface area contributed by atoms with Crippen LogP contribution in [0.2, 0.25) is 0 Å². The Morgan fingerprint density at radius 2 is 1.90 bits per heavy atom. The fourth-order valence-electron chi connectivity index (χ4n) is 2.64. The molecule has 0 aromatic heterocycles. The molecule has 1 aromatic rings. The molecule has 0 radical (unpaired) electrons. The van der Waals surface area contributed by atoms with Crippen molar-refractivity contribution in [1.82, 2.24) is 9.21 Å². The van der Waals surface area contributed by atoms with Crippen molar-refractivity contribution in [3.63, 3.8) is 0 Å². The highest BCUT2D eigenvalue weighted by atomic mass is 32.2. The Kier molecular flexibility index (Phi) is 4.80. The molecule has 2 N–H and O–H groups in total. The van der Waals surface area contributed by atoms with Crippen LogP contribution in [0.25, 0.3) is 0 Å². The number of hydrogen-bond acceptors (Lipinski definition) is 4. The van der Waals surface area contributed by atoms with E-state index in [0.717, 1.165) is 25.1 Å². The van der Waals surface area contributed by atoms with Gasteiger partial charge in [0.05, 0.1) is 4.90 Å². The van der Waals surface area contributed by atoms with Crippen LogP contribution in [0.15, 0.2) is 29.2 Å². The summed E-state index contributed by atoms with van der Waals surface area (Å²) in [4.78, 5) is 2.53. The molecule has 20 heavy (non-hydrogen) atoms. The van der Waals surface area contributed by atoms with Gasteiger partial charge in [0.15, 0.2) is 0 Å². The van der Waals surface area contributed by atoms with Gasteiger partial charge in [-0.1, -0.05) is 12.1 Å². The predicted molar refractivity (Wildman–Crippen MR) is 79.8 cm³/mol. The van der Waals surface area contributed by atoms with Crippen molar-refractivity contribution in [2.24, 2.45) is 5.73 Å². The van der Waals surface area contributed by atoms with E-state index < -0.39 is 10.0 Å². The van der Waals surface area contributed by atoms with Crippen LogP contribution in [0.4, 0.5) is 0 Å². The van der Waals surface area contributed by atoms with E-state index in [4.69, 9.17) is 5.73 Å². The minimum atomic E-state index is -3.42. The van der Waals surface area contributed by atoms with Gasteiger partial charge >= 0.3 is 0 Å². The van der Waals surface area contributed by atoms with E-state index in [1.54, 1.807) is 28.6 Å². The molecule has 0 spiro atoms. The van der Waals surface area contributed by atoms with E-state index >= 15 is 0 Å². The zero-order chi connectivity index (χ0) is 14.8. The lowest BCUT2D eigenvalue weighted by Crippen LogP contribution is -2.41. The zero-order valence-corrected chi connectivity index (χ0v) is 12.9. The van der Waals surface area contributed by atoms with Crippen LogP contribution in [0.5, 0.6) is 0 Å². The standard InChI is InChI=1S/C14H23N3O2S/c1-12-11-16(2)8-3-9-17(12)20(18,19)14-6-4-13(10-15)5-7-14/h4-7,12H,3,8-11,15H2,1-2H3. The molecule has 0 saturated carbocycles. The van der Waals surface area contributed by atoms with E-state index in [9.17, 15) is 8.42 Å². The van der Waals surface area contributed by atoms with Crippen molar-refractivity contribution in [2.75, 3.05) is 26.7 Å². The Morgan fingerprint density at radius 3 is 2.50 bits per heavy atom. The van der Waals surface area contributed by atoms with Crippen molar-refractivity contribution in [3.8, 4) is 0 Å². The highest BCUT2D eigenvalue weighted by Gasteiger charge is 2.31. The Bertz CT molecular complexity index is 542. The summed E-state index contributed by atoms with van der Waals surface area (Å²) in [6.07, 6.45) is 0.862. The van der Waals surface area contributed by atoms with Crippen molar-refractivity contribution >= 4 is 10.0 Å². The Morgan fingerprint density at radius 1 is 1.25 bits per heavy atom. The molecule has 1 saturated heterocycles. The van der Waals surface area contributed by atoms with Crippen molar-refractivity contribution in [1.29, 1.82) is 0 Å². The van der Waals surface area contributed by atoms with Crippen LogP contribution < -0.4 is 5.73 Å². The average molecular weight is 297 g/mol. The Balaban J connectivity index is 2.28. The molecular formula is C14H23N3O2S. The van der Waals surface area contributed by atoms with Crippen LogP contribution in [-0.4, -0.2) is 50.3 Å². The fourth-order valence-corrected chi connectivity index (χ4v) is 4.30. The molecule has 1 aliphatic rings. The summed E-state index contributed by atoms with van der Waals surface area (Å²) in [6.45, 7) is 4.66. The first-order valence-corrected chi connectivity index (χ1v) is 8.38. The van der Waals surface area contributed by atoms with Crippen LogP contribution in [-0.2, 0) is 16.6 Å². The number of nitrogens with two attached hydrogens (primary N) is 1. The van der Waals surface area contributed by atoms with Crippen LogP contribution in [0, 0.1) is 0 Å². The normalized spacial score (nSPS) is 22.6. The quantitative estimate of drug-likeness (QED) is 0.898. The van der Waals surface area contributed by atoms with Gasteiger partial charge in [0, 0.05) is 25.7 Å². The summed E-state index contributed by atoms with van der Waals surface area (Å²) in [7, 11) is -1.39. The number of nitrogens with zero attached hydrogens (tertiary/aromatic N) is 2. The second-order valence-corrected chi connectivity index (χ2v) is 7.32. The molecule has 1 atom stereocenters. The number of benzene rings is 1. The number of rotatable bonds is 3. The van der Waals surface area contributed by atoms with Crippen LogP contribution >= 0.6 is 0 Å². The van der Waals surface area contributed by atoms with Gasteiger partial charge in [-0.25, -0.2) is 8.42 Å². The van der Waals surface area contributed by atoms with Gasteiger partial charge in [0.2, 0.25) is 10.0 Å². The highest BCUT2D eigenvalue weighted by molar-refractivity contribution is 7.89. The lowest BCUT2D eigenvalue weighted by Gasteiger charge is -2.27. The topological polar surface area (TPSA) is 66.6 Å². The van der Waals surface area contributed by atoms with Gasteiger partial charge in [-0.05, 0) is 44.6 Å². The van der Waals surface area contributed by atoms with E-state index in [2.05, 4.69) is 4.90 Å². The van der Waals surface area contributed by atoms with Crippen molar-refractivity contribution in [2.45, 2.75) is 30.8 Å². The monoisotopic (exact) mass is 297 g/mol. The van der Waals surface area contributed by atoms with E-state index in [0.29, 0.717) is 18.0 Å². The smallest absolute Gasteiger partial charge is 0.243 e. The molecular weight excluding hydrogens is 274 g/mol. The third kappa shape index (κ3) is 3.20. The summed E-state index contributed by atoms with van der Waals surface area (Å²) in [6, 6.07) is 6.85. The lowest BCUT2D eigenvalue weighted by atomic mass is 10.2. The van der Waals surface area contributed by atoms with E-state index in [1.807, 2.05) is 14.0 Å². The van der Waals surface area contributed by atoms with Gasteiger partial charge in [-0.2, -0.15) is 4.31 Å². The van der Waals surface area contributed by atoms with Crippen molar-refractivity contribution in [3.05, 3.63) is 29.8 Å². The lowest BCUT2D eigenvalue weighted by molar-refractivity contribution is 0.290. The first-order chi connectivity index (χ1) is 9.45. The molecule has 0 bridgehead atoms. The predicted octanol–water partition coefficient (Wildman–Crippen LogP) is 0.860. The maximum absolute atomic E-state index is 12.7. The van der Waals surface area contributed by atoms with Gasteiger partial charge < -0.3 is 10.6 Å². The molecule has 1 aliphatic heterocycles. The Labute approximate surface area is 121 Å². The number of likely N-dealkylation sites (N-methyl/N-ethyl adjacent to an activating group) is 1. The first kappa shape index (κ1) is 15.4. The number of hydrogen-bond donors (Lipinski definition) is 1. The molecule has 1 unspecified atom stereocenters. The molecule has 6 heteroatoms. The largest absolute Gasteiger partial charge is 0.326 e. The minimum absolute atomic E-state index is 0.0123. The molecule has 5 nitrogen and oxygen atoms in total. The fraction of sp³-hybridized carbons (Fsp3) is 0.571. The van der Waals surface area contributed by atoms with Gasteiger partial charge in [-0.15, -0.1) is 0 Å². The average Bonchev–Trinajstić information content (AvgIpc) is 2.59. The maximum atomic E-state index is 12.7. The summed E-state index contributed by atoms with van der Waals surface area (Å²) in [5.74, 6) is 0. The molecule has 1 aromatic carbocycles. The molecule has 1 heterocycles. The molecule has 0 amide bonds. The van der Waals surface area contributed by atoms with Crippen LogP contribution in [0.1, 0.15) is 18.9 Å². The van der Waals surface area contributed by atoms with Gasteiger partial charge in [0.25, 0.3) is 0 Å². The third-order valence-electron chi connectivity index (χ3n) is 3.75. The minimum Gasteiger partial charge on any atom is -0.326 e. The zero-order valence-electron chi connectivity index (χ0n) is 12.1. The maximum Gasteiger partial charge on any atom is 0.243 e. The van der Waals surface area contributed by atoms with Crippen LogP contribution in [0.3, 0.4) is 0 Å². The second kappa shape index (κ2) is 6.22. The molecule has 2 rings (SSSR count). The van der Waals surface area contributed by atoms with Crippen molar-refractivity contribution < 1.29 is 8.42 Å². The second-order valence-electron chi connectivity index (χ2n) is 5.43. The van der Waals surface area contributed by atoms with E-state index in [-0.39, 0.29) is 6.04 Å². The summed E-state index contributed by atoms with van der Waals surface area (Å²) < 4.78 is 27.1.